The van der Waals surface area contributed by atoms with Gasteiger partial charge in [-0.05, 0) is 6.42 Å². The van der Waals surface area contributed by atoms with Crippen LogP contribution in [0.5, 0.6) is 0 Å². The summed E-state index contributed by atoms with van der Waals surface area (Å²) in [6.07, 6.45) is -0.0528. The molecule has 0 aromatic carbocycles. The second-order valence-electron chi connectivity index (χ2n) is 3.35. The van der Waals surface area contributed by atoms with E-state index in [9.17, 15) is 14.4 Å². The first kappa shape index (κ1) is 14.2. The average molecular weight is 232 g/mol. The van der Waals surface area contributed by atoms with E-state index in [0.29, 0.717) is 0 Å². The van der Waals surface area contributed by atoms with E-state index >= 15 is 0 Å². The molecule has 0 heterocycles. The van der Waals surface area contributed by atoms with Crippen molar-refractivity contribution in [3.05, 3.63) is 0 Å². The van der Waals surface area contributed by atoms with Crippen molar-refractivity contribution in [2.75, 3.05) is 21.2 Å². The highest BCUT2D eigenvalue weighted by atomic mass is 16.5. The summed E-state index contributed by atoms with van der Waals surface area (Å²) in [6.45, 7) is 0. The van der Waals surface area contributed by atoms with E-state index in [1.54, 1.807) is 0 Å². The van der Waals surface area contributed by atoms with E-state index in [4.69, 9.17) is 5.11 Å². The van der Waals surface area contributed by atoms with Crippen LogP contribution in [0.25, 0.3) is 0 Å². The molecule has 0 bridgehead atoms. The standard InChI is InChI=1S/C9H16N2O5/c1-11(2)9(15)10-6(8(13)14)4-5-7(12)16-3/h6H,4-5H2,1-3H3,(H,10,15)(H,13,14). The molecule has 0 radical (unpaired) electrons. The van der Waals surface area contributed by atoms with Crippen molar-refractivity contribution >= 4 is 18.0 Å². The predicted molar refractivity (Wildman–Crippen MR) is 54.9 cm³/mol. The first-order valence-corrected chi connectivity index (χ1v) is 4.66. The smallest absolute Gasteiger partial charge is 0.326 e. The molecule has 7 heteroatoms. The van der Waals surface area contributed by atoms with Crippen LogP contribution in [-0.2, 0) is 14.3 Å². The van der Waals surface area contributed by atoms with Crippen LogP contribution in [0, 0.1) is 0 Å². The second kappa shape index (κ2) is 6.65. The van der Waals surface area contributed by atoms with Gasteiger partial charge in [-0.25, -0.2) is 9.59 Å². The van der Waals surface area contributed by atoms with Gasteiger partial charge in [-0.1, -0.05) is 0 Å². The Kier molecular flexibility index (Phi) is 5.91. The summed E-state index contributed by atoms with van der Waals surface area (Å²) in [5.41, 5.74) is 0. The molecule has 7 nitrogen and oxygen atoms in total. The third-order valence-corrected chi connectivity index (χ3v) is 1.87. The van der Waals surface area contributed by atoms with E-state index in [1.807, 2.05) is 0 Å². The molecule has 0 fully saturated rings. The van der Waals surface area contributed by atoms with Gasteiger partial charge in [-0.15, -0.1) is 0 Å². The van der Waals surface area contributed by atoms with E-state index < -0.39 is 24.0 Å². The molecule has 0 saturated carbocycles. The molecule has 16 heavy (non-hydrogen) atoms. The fraction of sp³-hybridized carbons (Fsp3) is 0.667. The molecule has 0 aliphatic heterocycles. The number of rotatable bonds is 5. The molecule has 92 valence electrons. The molecular formula is C9H16N2O5. The number of amides is 2. The second-order valence-corrected chi connectivity index (χ2v) is 3.35. The summed E-state index contributed by atoms with van der Waals surface area (Å²) in [4.78, 5) is 34.0. The number of hydrogen-bond acceptors (Lipinski definition) is 4. The number of esters is 1. The third kappa shape index (κ3) is 5.18. The molecule has 0 aliphatic rings. The highest BCUT2D eigenvalue weighted by Gasteiger charge is 2.21. The molecule has 1 atom stereocenters. The quantitative estimate of drug-likeness (QED) is 0.632. The van der Waals surface area contributed by atoms with Gasteiger partial charge in [-0.3, -0.25) is 4.79 Å². The highest BCUT2D eigenvalue weighted by molar-refractivity contribution is 5.82. The van der Waals surface area contributed by atoms with Crippen molar-refractivity contribution in [3.8, 4) is 0 Å². The Morgan fingerprint density at radius 3 is 2.31 bits per heavy atom. The van der Waals surface area contributed by atoms with Crippen molar-refractivity contribution in [1.82, 2.24) is 10.2 Å². The minimum Gasteiger partial charge on any atom is -0.480 e. The number of urea groups is 1. The molecule has 0 aromatic heterocycles. The van der Waals surface area contributed by atoms with Crippen LogP contribution in [0.15, 0.2) is 0 Å². The molecule has 0 rings (SSSR count). The zero-order valence-corrected chi connectivity index (χ0v) is 9.52. The number of carbonyl (C=O) groups excluding carboxylic acids is 2. The summed E-state index contributed by atoms with van der Waals surface area (Å²) >= 11 is 0. The van der Waals surface area contributed by atoms with Crippen LogP contribution < -0.4 is 5.32 Å². The molecule has 2 N–H and O–H groups in total. The fourth-order valence-corrected chi connectivity index (χ4v) is 0.900. The van der Waals surface area contributed by atoms with Crippen LogP contribution in [-0.4, -0.2) is 55.2 Å². The van der Waals surface area contributed by atoms with Gasteiger partial charge in [-0.2, -0.15) is 0 Å². The molecule has 0 saturated heterocycles. The number of methoxy groups -OCH3 is 1. The summed E-state index contributed by atoms with van der Waals surface area (Å²) in [6, 6.07) is -1.61. The van der Waals surface area contributed by atoms with Gasteiger partial charge in [0.25, 0.3) is 0 Å². The summed E-state index contributed by atoms with van der Waals surface area (Å²) in [5, 5.41) is 11.1. The monoisotopic (exact) mass is 232 g/mol. The SMILES string of the molecule is COC(=O)CCC(NC(=O)N(C)C)C(=O)O. The molecule has 0 aliphatic carbocycles. The Labute approximate surface area is 93.4 Å². The van der Waals surface area contributed by atoms with Gasteiger partial charge < -0.3 is 20.1 Å². The van der Waals surface area contributed by atoms with Gasteiger partial charge in [0.1, 0.15) is 6.04 Å². The summed E-state index contributed by atoms with van der Waals surface area (Å²) in [7, 11) is 4.21. The maximum absolute atomic E-state index is 11.2. The van der Waals surface area contributed by atoms with Crippen molar-refractivity contribution in [3.63, 3.8) is 0 Å². The topological polar surface area (TPSA) is 95.9 Å². The number of carboxylic acids is 1. The number of hydrogen-bond donors (Lipinski definition) is 2. The molecule has 0 spiro atoms. The zero-order valence-electron chi connectivity index (χ0n) is 9.52. The van der Waals surface area contributed by atoms with Gasteiger partial charge in [0.05, 0.1) is 7.11 Å². The lowest BCUT2D eigenvalue weighted by atomic mass is 10.1. The number of nitrogens with zero attached hydrogens (tertiary/aromatic N) is 1. The summed E-state index contributed by atoms with van der Waals surface area (Å²) < 4.78 is 4.38. The van der Waals surface area contributed by atoms with E-state index in [1.165, 1.54) is 26.1 Å². The van der Waals surface area contributed by atoms with E-state index in [2.05, 4.69) is 10.1 Å². The Morgan fingerprint density at radius 2 is 1.94 bits per heavy atom. The summed E-state index contributed by atoms with van der Waals surface area (Å²) in [5.74, 6) is -1.69. The average Bonchev–Trinajstić information content (AvgIpc) is 2.22. The van der Waals surface area contributed by atoms with Crippen molar-refractivity contribution in [1.29, 1.82) is 0 Å². The zero-order chi connectivity index (χ0) is 12.7. The van der Waals surface area contributed by atoms with E-state index in [0.717, 1.165) is 0 Å². The molecule has 0 aromatic rings. The first-order chi connectivity index (χ1) is 7.38. The number of ether oxygens (including phenoxy) is 1. The lowest BCUT2D eigenvalue weighted by molar-refractivity contribution is -0.142. The van der Waals surface area contributed by atoms with Crippen LogP contribution in [0.1, 0.15) is 12.8 Å². The highest BCUT2D eigenvalue weighted by Crippen LogP contribution is 2.00. The van der Waals surface area contributed by atoms with Crippen LogP contribution >= 0.6 is 0 Å². The maximum atomic E-state index is 11.2. The van der Waals surface area contributed by atoms with Gasteiger partial charge in [0.2, 0.25) is 0 Å². The number of carboxylic acid groups (broad SMARTS) is 1. The lowest BCUT2D eigenvalue weighted by Crippen LogP contribution is -2.45. The maximum Gasteiger partial charge on any atom is 0.326 e. The van der Waals surface area contributed by atoms with Crippen LogP contribution in [0.3, 0.4) is 0 Å². The van der Waals surface area contributed by atoms with Gasteiger partial charge >= 0.3 is 18.0 Å². The minimum absolute atomic E-state index is 0.00157. The predicted octanol–water partition coefficient (Wildman–Crippen LogP) is -0.336. The Balaban J connectivity index is 4.24. The normalized spacial score (nSPS) is 11.4. The van der Waals surface area contributed by atoms with Crippen molar-refractivity contribution in [2.45, 2.75) is 18.9 Å². The lowest BCUT2D eigenvalue weighted by Gasteiger charge is -2.17. The number of carbonyl (C=O) groups is 3. The first-order valence-electron chi connectivity index (χ1n) is 4.66. The van der Waals surface area contributed by atoms with Gasteiger partial charge in [0, 0.05) is 20.5 Å². The minimum atomic E-state index is -1.18. The van der Waals surface area contributed by atoms with Crippen LogP contribution in [0.2, 0.25) is 0 Å². The van der Waals surface area contributed by atoms with Crippen LogP contribution in [0.4, 0.5) is 4.79 Å². The Morgan fingerprint density at radius 1 is 1.38 bits per heavy atom. The van der Waals surface area contributed by atoms with Crippen molar-refractivity contribution in [2.24, 2.45) is 0 Å². The number of nitrogens with one attached hydrogen (secondary N) is 1. The third-order valence-electron chi connectivity index (χ3n) is 1.87. The molecule has 2 amide bonds. The Bertz CT molecular complexity index is 277. The van der Waals surface area contributed by atoms with Crippen molar-refractivity contribution < 1.29 is 24.2 Å². The van der Waals surface area contributed by atoms with E-state index in [-0.39, 0.29) is 12.8 Å². The number of aliphatic carboxylic acids is 1. The Hall–Kier alpha value is -1.79. The molecular weight excluding hydrogens is 216 g/mol. The molecule has 1 unspecified atom stereocenters. The fourth-order valence-electron chi connectivity index (χ4n) is 0.900. The van der Waals surface area contributed by atoms with Gasteiger partial charge in [0.15, 0.2) is 0 Å². The largest absolute Gasteiger partial charge is 0.480 e.